The smallest absolute Gasteiger partial charge is 0.247 e. The molecule has 2 fully saturated rings. The van der Waals surface area contributed by atoms with Crippen molar-refractivity contribution < 1.29 is 9.59 Å². The highest BCUT2D eigenvalue weighted by atomic mass is 16.2. The topological polar surface area (TPSA) is 54.3 Å². The lowest BCUT2D eigenvalue weighted by atomic mass is 10.1. The first-order valence-corrected chi connectivity index (χ1v) is 11.3. The third-order valence-electron chi connectivity index (χ3n) is 6.90. The molecule has 1 saturated heterocycles. The zero-order valence-electron chi connectivity index (χ0n) is 17.6. The maximum absolute atomic E-state index is 13.1. The molecule has 2 heterocycles. The Bertz CT molecular complexity index is 1110. The van der Waals surface area contributed by atoms with Crippen LogP contribution >= 0.6 is 0 Å². The van der Waals surface area contributed by atoms with Crippen LogP contribution in [0.5, 0.6) is 0 Å². The van der Waals surface area contributed by atoms with Crippen molar-refractivity contribution in [2.75, 3.05) is 11.9 Å². The standard InChI is InChI=1S/C25H29N3O2/c1-2-27-21-11-6-5-10-19(21)20-16-18(13-14-22(20)27)26-24(29)23-12-7-15-28(23)25(30)17-8-3-4-9-17/h5-6,10-11,13-14,16-17,23H,2-4,7-9,12,15H2,1H3,(H,26,29). The Morgan fingerprint density at radius 1 is 0.967 bits per heavy atom. The van der Waals surface area contributed by atoms with E-state index in [2.05, 4.69) is 53.2 Å². The van der Waals surface area contributed by atoms with Gasteiger partial charge in [0.2, 0.25) is 11.8 Å². The van der Waals surface area contributed by atoms with Crippen molar-refractivity contribution in [2.45, 2.75) is 58.0 Å². The predicted octanol–water partition coefficient (Wildman–Crippen LogP) is 4.93. The number of anilines is 1. The van der Waals surface area contributed by atoms with Gasteiger partial charge in [0.15, 0.2) is 0 Å². The number of rotatable bonds is 4. The Hall–Kier alpha value is -2.82. The number of hydrogen-bond acceptors (Lipinski definition) is 2. The van der Waals surface area contributed by atoms with Gasteiger partial charge < -0.3 is 14.8 Å². The second-order valence-electron chi connectivity index (χ2n) is 8.65. The molecular weight excluding hydrogens is 374 g/mol. The molecule has 1 saturated carbocycles. The fourth-order valence-electron chi connectivity index (χ4n) is 5.41. The van der Waals surface area contributed by atoms with Gasteiger partial charge in [-0.25, -0.2) is 0 Å². The first-order valence-electron chi connectivity index (χ1n) is 11.3. The summed E-state index contributed by atoms with van der Waals surface area (Å²) < 4.78 is 2.30. The maximum atomic E-state index is 13.1. The van der Waals surface area contributed by atoms with Crippen LogP contribution in [0.4, 0.5) is 5.69 Å². The Morgan fingerprint density at radius 3 is 2.53 bits per heavy atom. The van der Waals surface area contributed by atoms with Crippen LogP contribution in [0.25, 0.3) is 21.8 Å². The number of aromatic nitrogens is 1. The number of amides is 2. The molecule has 1 aromatic heterocycles. The van der Waals surface area contributed by atoms with Crippen LogP contribution in [0.3, 0.4) is 0 Å². The second kappa shape index (κ2) is 7.78. The molecule has 2 amide bonds. The van der Waals surface area contributed by atoms with Crippen LogP contribution in [0, 0.1) is 5.92 Å². The summed E-state index contributed by atoms with van der Waals surface area (Å²) in [5.74, 6) is 0.249. The minimum absolute atomic E-state index is 0.0579. The van der Waals surface area contributed by atoms with Gasteiger partial charge in [0, 0.05) is 46.5 Å². The summed E-state index contributed by atoms with van der Waals surface area (Å²) in [6, 6.07) is 14.2. The Morgan fingerprint density at radius 2 is 1.73 bits per heavy atom. The minimum atomic E-state index is -0.342. The summed E-state index contributed by atoms with van der Waals surface area (Å²) in [4.78, 5) is 27.9. The van der Waals surface area contributed by atoms with E-state index in [0.29, 0.717) is 6.54 Å². The van der Waals surface area contributed by atoms with Crippen LogP contribution < -0.4 is 5.32 Å². The Balaban J connectivity index is 1.40. The van der Waals surface area contributed by atoms with Gasteiger partial charge in [0.1, 0.15) is 6.04 Å². The first-order chi connectivity index (χ1) is 14.7. The molecular formula is C25H29N3O2. The molecule has 1 unspecified atom stereocenters. The molecule has 30 heavy (non-hydrogen) atoms. The maximum Gasteiger partial charge on any atom is 0.247 e. The van der Waals surface area contributed by atoms with Gasteiger partial charge in [-0.15, -0.1) is 0 Å². The zero-order chi connectivity index (χ0) is 20.7. The van der Waals surface area contributed by atoms with Crippen molar-refractivity contribution in [1.29, 1.82) is 0 Å². The van der Waals surface area contributed by atoms with E-state index in [1.54, 1.807) is 0 Å². The lowest BCUT2D eigenvalue weighted by molar-refractivity contribution is -0.140. The van der Waals surface area contributed by atoms with Crippen LogP contribution in [0.1, 0.15) is 45.4 Å². The number of aryl methyl sites for hydroxylation is 1. The average molecular weight is 404 g/mol. The molecule has 0 radical (unpaired) electrons. The van der Waals surface area contributed by atoms with Gasteiger partial charge in [-0.1, -0.05) is 31.0 Å². The largest absolute Gasteiger partial charge is 0.341 e. The molecule has 5 rings (SSSR count). The molecule has 1 atom stereocenters. The number of fused-ring (bicyclic) bond motifs is 3. The highest BCUT2D eigenvalue weighted by molar-refractivity contribution is 6.10. The molecule has 156 valence electrons. The zero-order valence-corrected chi connectivity index (χ0v) is 17.6. The molecule has 0 bridgehead atoms. The van der Waals surface area contributed by atoms with E-state index in [1.165, 1.54) is 16.4 Å². The van der Waals surface area contributed by atoms with Gasteiger partial charge in [0.05, 0.1) is 0 Å². The first kappa shape index (κ1) is 19.2. The van der Waals surface area contributed by atoms with Crippen LogP contribution in [-0.4, -0.2) is 33.9 Å². The van der Waals surface area contributed by atoms with Gasteiger partial charge in [-0.3, -0.25) is 9.59 Å². The van der Waals surface area contributed by atoms with E-state index in [1.807, 2.05) is 11.0 Å². The van der Waals surface area contributed by atoms with Crippen LogP contribution in [-0.2, 0) is 16.1 Å². The van der Waals surface area contributed by atoms with Gasteiger partial charge in [0.25, 0.3) is 0 Å². The molecule has 1 aliphatic heterocycles. The van der Waals surface area contributed by atoms with Crippen molar-refractivity contribution in [3.8, 4) is 0 Å². The molecule has 3 aromatic rings. The average Bonchev–Trinajstić information content (AvgIpc) is 3.51. The summed E-state index contributed by atoms with van der Waals surface area (Å²) in [6.07, 6.45) is 5.86. The normalized spacial score (nSPS) is 19.8. The highest BCUT2D eigenvalue weighted by Crippen LogP contribution is 2.32. The number of nitrogens with one attached hydrogen (secondary N) is 1. The molecule has 1 aliphatic carbocycles. The number of carbonyl (C=O) groups excluding carboxylic acids is 2. The number of nitrogens with zero attached hydrogens (tertiary/aromatic N) is 2. The predicted molar refractivity (Wildman–Crippen MR) is 120 cm³/mol. The number of hydrogen-bond donors (Lipinski definition) is 1. The van der Waals surface area contributed by atoms with E-state index in [9.17, 15) is 9.59 Å². The number of benzene rings is 2. The molecule has 2 aliphatic rings. The molecule has 1 N–H and O–H groups in total. The molecule has 0 spiro atoms. The van der Waals surface area contributed by atoms with E-state index in [4.69, 9.17) is 0 Å². The van der Waals surface area contributed by atoms with E-state index in [0.717, 1.165) is 56.1 Å². The summed E-state index contributed by atoms with van der Waals surface area (Å²) in [6.45, 7) is 3.75. The fourth-order valence-corrected chi connectivity index (χ4v) is 5.41. The van der Waals surface area contributed by atoms with Crippen LogP contribution in [0.15, 0.2) is 42.5 Å². The van der Waals surface area contributed by atoms with E-state index < -0.39 is 0 Å². The minimum Gasteiger partial charge on any atom is -0.341 e. The van der Waals surface area contributed by atoms with Crippen molar-refractivity contribution in [3.63, 3.8) is 0 Å². The molecule has 2 aromatic carbocycles. The second-order valence-corrected chi connectivity index (χ2v) is 8.65. The van der Waals surface area contributed by atoms with Gasteiger partial charge >= 0.3 is 0 Å². The monoisotopic (exact) mass is 403 g/mol. The SMILES string of the molecule is CCn1c2ccccc2c2cc(NC(=O)C3CCCN3C(=O)C3CCCC3)ccc21. The van der Waals surface area contributed by atoms with Crippen molar-refractivity contribution >= 4 is 39.3 Å². The summed E-state index contributed by atoms with van der Waals surface area (Å²) in [7, 11) is 0. The number of para-hydroxylation sites is 1. The summed E-state index contributed by atoms with van der Waals surface area (Å²) in [5, 5.41) is 5.45. The number of likely N-dealkylation sites (tertiary alicyclic amines) is 1. The van der Waals surface area contributed by atoms with Crippen molar-refractivity contribution in [2.24, 2.45) is 5.92 Å². The van der Waals surface area contributed by atoms with Gasteiger partial charge in [-0.2, -0.15) is 0 Å². The third-order valence-corrected chi connectivity index (χ3v) is 6.90. The Labute approximate surface area is 177 Å². The molecule has 5 nitrogen and oxygen atoms in total. The Kier molecular flexibility index (Phi) is 4.97. The molecule has 5 heteroatoms. The fraction of sp³-hybridized carbons (Fsp3) is 0.440. The van der Waals surface area contributed by atoms with Crippen LogP contribution in [0.2, 0.25) is 0 Å². The van der Waals surface area contributed by atoms with Crippen molar-refractivity contribution in [3.05, 3.63) is 42.5 Å². The van der Waals surface area contributed by atoms with E-state index >= 15 is 0 Å². The lowest BCUT2D eigenvalue weighted by Crippen LogP contribution is -2.45. The summed E-state index contributed by atoms with van der Waals surface area (Å²) >= 11 is 0. The number of carbonyl (C=O) groups is 2. The quantitative estimate of drug-likeness (QED) is 0.671. The third kappa shape index (κ3) is 3.17. The lowest BCUT2D eigenvalue weighted by Gasteiger charge is -2.26. The van der Waals surface area contributed by atoms with Crippen molar-refractivity contribution in [1.82, 2.24) is 9.47 Å². The summed E-state index contributed by atoms with van der Waals surface area (Å²) in [5.41, 5.74) is 3.19. The highest BCUT2D eigenvalue weighted by Gasteiger charge is 2.37. The van der Waals surface area contributed by atoms with Gasteiger partial charge in [-0.05, 0) is 56.9 Å². The van der Waals surface area contributed by atoms with E-state index in [-0.39, 0.29) is 23.8 Å².